The lowest BCUT2D eigenvalue weighted by molar-refractivity contribution is -0.116. The van der Waals surface area contributed by atoms with Crippen LogP contribution in [0.1, 0.15) is 50.5 Å². The Morgan fingerprint density at radius 2 is 2.00 bits per heavy atom. The first kappa shape index (κ1) is 18.8. The second-order valence-corrected chi connectivity index (χ2v) is 6.87. The molecule has 27 heavy (non-hydrogen) atoms. The third-order valence-corrected chi connectivity index (χ3v) is 4.78. The molecule has 0 radical (unpaired) electrons. The molecule has 0 atom stereocenters. The third kappa shape index (κ3) is 5.26. The number of nitrogens with one attached hydrogen (secondary N) is 3. The minimum absolute atomic E-state index is 0.156. The van der Waals surface area contributed by atoms with Gasteiger partial charge in [0.2, 0.25) is 5.91 Å². The zero-order valence-corrected chi connectivity index (χ0v) is 15.4. The largest absolute Gasteiger partial charge is 0.398 e. The highest BCUT2D eigenvalue weighted by Crippen LogP contribution is 2.26. The number of rotatable bonds is 7. The van der Waals surface area contributed by atoms with Gasteiger partial charge in [-0.1, -0.05) is 19.3 Å². The minimum Gasteiger partial charge on any atom is -0.398 e. The van der Waals surface area contributed by atoms with Gasteiger partial charge in [-0.05, 0) is 37.5 Å². The lowest BCUT2D eigenvalue weighted by Gasteiger charge is -2.25. The van der Waals surface area contributed by atoms with E-state index in [1.54, 1.807) is 36.8 Å². The number of nitrogens with two attached hydrogens (primary N) is 1. The summed E-state index contributed by atoms with van der Waals surface area (Å²) >= 11 is 0. The first-order valence-corrected chi connectivity index (χ1v) is 9.42. The molecule has 0 bridgehead atoms. The molecule has 1 amide bonds. The normalized spacial score (nSPS) is 14.5. The van der Waals surface area contributed by atoms with Crippen LogP contribution in [0.15, 0.2) is 36.8 Å². The highest BCUT2D eigenvalue weighted by atomic mass is 16.1. The zero-order chi connectivity index (χ0) is 19.1. The van der Waals surface area contributed by atoms with Crippen molar-refractivity contribution in [2.45, 2.75) is 51.0 Å². The van der Waals surface area contributed by atoms with E-state index < -0.39 is 0 Å². The van der Waals surface area contributed by atoms with Gasteiger partial charge in [0.25, 0.3) is 0 Å². The predicted molar refractivity (Wildman–Crippen MR) is 108 cm³/mol. The van der Waals surface area contributed by atoms with Gasteiger partial charge in [0.05, 0.1) is 17.4 Å². The summed E-state index contributed by atoms with van der Waals surface area (Å²) in [5.74, 6) is 0.497. The fourth-order valence-electron chi connectivity index (χ4n) is 3.37. The van der Waals surface area contributed by atoms with E-state index in [1.807, 2.05) is 0 Å². The average molecular weight is 366 g/mol. The van der Waals surface area contributed by atoms with E-state index >= 15 is 0 Å². The molecule has 0 unspecified atom stereocenters. The molecule has 2 aromatic rings. The monoisotopic (exact) mass is 366 g/mol. The molecule has 1 aliphatic rings. The summed E-state index contributed by atoms with van der Waals surface area (Å²) in [5, 5.41) is 14.7. The lowest BCUT2D eigenvalue weighted by atomic mass is 9.95. The molecular weight excluding hydrogens is 340 g/mol. The van der Waals surface area contributed by atoms with Crippen molar-refractivity contribution in [1.82, 2.24) is 9.97 Å². The quantitative estimate of drug-likeness (QED) is 0.559. The van der Waals surface area contributed by atoms with Crippen LogP contribution >= 0.6 is 0 Å². The van der Waals surface area contributed by atoms with Gasteiger partial charge in [0.15, 0.2) is 0 Å². The van der Waals surface area contributed by atoms with Crippen molar-refractivity contribution in [1.29, 1.82) is 5.41 Å². The van der Waals surface area contributed by atoms with Crippen molar-refractivity contribution < 1.29 is 4.79 Å². The topological polar surface area (TPSA) is 117 Å². The van der Waals surface area contributed by atoms with E-state index in [0.717, 1.165) is 12.8 Å². The zero-order valence-electron chi connectivity index (χ0n) is 15.4. The molecule has 2 heterocycles. The van der Waals surface area contributed by atoms with Crippen LogP contribution in [0.25, 0.3) is 0 Å². The highest BCUT2D eigenvalue weighted by Gasteiger charge is 2.19. The molecule has 2 aromatic heterocycles. The molecule has 5 N–H and O–H groups in total. The Morgan fingerprint density at radius 3 is 2.74 bits per heavy atom. The summed E-state index contributed by atoms with van der Waals surface area (Å²) in [6.45, 7) is 0. The average Bonchev–Trinajstić information content (AvgIpc) is 2.68. The van der Waals surface area contributed by atoms with E-state index in [0.29, 0.717) is 40.9 Å². The maximum Gasteiger partial charge on any atom is 0.224 e. The number of aromatic nitrogens is 2. The molecule has 1 fully saturated rings. The Hall–Kier alpha value is -2.96. The molecule has 1 aliphatic carbocycles. The van der Waals surface area contributed by atoms with Crippen LogP contribution in [0, 0.1) is 5.41 Å². The number of nitrogen functional groups attached to an aromatic ring is 1. The molecule has 7 heteroatoms. The Bertz CT molecular complexity index is 786. The van der Waals surface area contributed by atoms with Gasteiger partial charge in [-0.3, -0.25) is 9.78 Å². The van der Waals surface area contributed by atoms with Gasteiger partial charge in [-0.15, -0.1) is 0 Å². The Kier molecular flexibility index (Phi) is 6.35. The summed E-state index contributed by atoms with van der Waals surface area (Å²) in [5.41, 5.74) is 8.22. The first-order chi connectivity index (χ1) is 13.1. The Balaban J connectivity index is 1.62. The standard InChI is InChI=1S/C20H26N6O/c21-16(8-9-18(27)25-15-7-4-11-23-13-15)19-17(22)10-12-24-20(19)26-14-5-2-1-3-6-14/h4,7,10-14,21H,1-3,5-6,8-9H2,(H,25,27)(H3,22,24,26). The summed E-state index contributed by atoms with van der Waals surface area (Å²) in [4.78, 5) is 20.5. The van der Waals surface area contributed by atoms with Crippen molar-refractivity contribution in [3.05, 3.63) is 42.4 Å². The minimum atomic E-state index is -0.156. The van der Waals surface area contributed by atoms with Crippen LogP contribution < -0.4 is 16.4 Å². The number of hydrogen-bond donors (Lipinski definition) is 4. The number of hydrogen-bond acceptors (Lipinski definition) is 6. The van der Waals surface area contributed by atoms with E-state index in [4.69, 9.17) is 11.1 Å². The second-order valence-electron chi connectivity index (χ2n) is 6.87. The van der Waals surface area contributed by atoms with Crippen LogP contribution in [-0.4, -0.2) is 27.6 Å². The van der Waals surface area contributed by atoms with Gasteiger partial charge in [-0.25, -0.2) is 4.98 Å². The van der Waals surface area contributed by atoms with Crippen LogP contribution in [0.2, 0.25) is 0 Å². The molecule has 1 saturated carbocycles. The van der Waals surface area contributed by atoms with Crippen molar-refractivity contribution in [3.8, 4) is 0 Å². The summed E-state index contributed by atoms with van der Waals surface area (Å²) < 4.78 is 0. The maximum atomic E-state index is 12.1. The first-order valence-electron chi connectivity index (χ1n) is 9.42. The van der Waals surface area contributed by atoms with Crippen molar-refractivity contribution >= 4 is 28.8 Å². The Labute approximate surface area is 159 Å². The van der Waals surface area contributed by atoms with E-state index in [9.17, 15) is 4.79 Å². The molecule has 3 rings (SSSR count). The smallest absolute Gasteiger partial charge is 0.224 e. The van der Waals surface area contributed by atoms with Crippen molar-refractivity contribution in [2.24, 2.45) is 0 Å². The second kappa shape index (κ2) is 9.12. The summed E-state index contributed by atoms with van der Waals surface area (Å²) in [6.07, 6.45) is 11.3. The fourth-order valence-corrected chi connectivity index (χ4v) is 3.37. The van der Waals surface area contributed by atoms with E-state index in [1.165, 1.54) is 19.3 Å². The molecule has 7 nitrogen and oxygen atoms in total. The summed E-state index contributed by atoms with van der Waals surface area (Å²) in [6, 6.07) is 5.61. The Morgan fingerprint density at radius 1 is 1.19 bits per heavy atom. The molecule has 0 aliphatic heterocycles. The lowest BCUT2D eigenvalue weighted by Crippen LogP contribution is -2.25. The molecular formula is C20H26N6O. The third-order valence-electron chi connectivity index (χ3n) is 4.78. The van der Waals surface area contributed by atoms with Gasteiger partial charge in [0.1, 0.15) is 5.82 Å². The van der Waals surface area contributed by atoms with Crippen LogP contribution in [0.3, 0.4) is 0 Å². The van der Waals surface area contributed by atoms with E-state index in [2.05, 4.69) is 20.6 Å². The number of amides is 1. The SMILES string of the molecule is N=C(CCC(=O)Nc1cccnc1)c1c(N)ccnc1NC1CCCCC1. The van der Waals surface area contributed by atoms with Gasteiger partial charge in [0, 0.05) is 36.3 Å². The fraction of sp³-hybridized carbons (Fsp3) is 0.400. The van der Waals surface area contributed by atoms with Gasteiger partial charge in [-0.2, -0.15) is 0 Å². The number of carbonyl (C=O) groups excluding carboxylic acids is 1. The molecule has 0 aromatic carbocycles. The van der Waals surface area contributed by atoms with Gasteiger partial charge >= 0.3 is 0 Å². The number of nitrogens with zero attached hydrogens (tertiary/aromatic N) is 2. The van der Waals surface area contributed by atoms with Gasteiger partial charge < -0.3 is 21.8 Å². The van der Waals surface area contributed by atoms with Crippen LogP contribution in [0.4, 0.5) is 17.2 Å². The number of carbonyl (C=O) groups is 1. The van der Waals surface area contributed by atoms with Crippen LogP contribution in [0.5, 0.6) is 0 Å². The summed E-state index contributed by atoms with van der Waals surface area (Å²) in [7, 11) is 0. The predicted octanol–water partition coefficient (Wildman–Crippen LogP) is 3.59. The highest BCUT2D eigenvalue weighted by molar-refractivity contribution is 6.08. The van der Waals surface area contributed by atoms with Crippen molar-refractivity contribution in [2.75, 3.05) is 16.4 Å². The van der Waals surface area contributed by atoms with Crippen molar-refractivity contribution in [3.63, 3.8) is 0 Å². The van der Waals surface area contributed by atoms with E-state index in [-0.39, 0.29) is 12.3 Å². The molecule has 0 spiro atoms. The number of pyridine rings is 2. The van der Waals surface area contributed by atoms with Crippen LogP contribution in [-0.2, 0) is 4.79 Å². The number of anilines is 3. The molecule has 142 valence electrons. The molecule has 0 saturated heterocycles. The maximum absolute atomic E-state index is 12.1.